The molecule has 0 spiro atoms. The first-order valence-electron chi connectivity index (χ1n) is 4.97. The lowest BCUT2D eigenvalue weighted by Gasteiger charge is -2.22. The summed E-state index contributed by atoms with van der Waals surface area (Å²) < 4.78 is 4.91. The van der Waals surface area contributed by atoms with Crippen LogP contribution in [-0.4, -0.2) is 70.3 Å². The number of hydrogen-bond donors (Lipinski definition) is 2. The second-order valence-corrected chi connectivity index (χ2v) is 3.57. The number of nitrogens with one attached hydrogen (secondary N) is 1. The second kappa shape index (κ2) is 8.46. The van der Waals surface area contributed by atoms with Crippen molar-refractivity contribution < 1.29 is 4.74 Å². The van der Waals surface area contributed by atoms with E-state index in [1.54, 1.807) is 7.11 Å². The largest absolute Gasteiger partial charge is 0.383 e. The second-order valence-electron chi connectivity index (χ2n) is 3.57. The highest BCUT2D eigenvalue weighted by atomic mass is 16.5. The summed E-state index contributed by atoms with van der Waals surface area (Å²) in [5.74, 6) is 6.07. The number of ether oxygens (including phenoxy) is 1. The van der Waals surface area contributed by atoms with Gasteiger partial charge in [0.15, 0.2) is 0 Å². The van der Waals surface area contributed by atoms with Crippen molar-refractivity contribution in [1.29, 1.82) is 0 Å². The minimum Gasteiger partial charge on any atom is -0.383 e. The molecule has 0 aliphatic carbocycles. The van der Waals surface area contributed by atoms with Crippen LogP contribution in [0.4, 0.5) is 0 Å². The van der Waals surface area contributed by atoms with Crippen LogP contribution in [0.25, 0.3) is 0 Å². The summed E-state index contributed by atoms with van der Waals surface area (Å²) in [5, 5.41) is 0. The van der Waals surface area contributed by atoms with Crippen LogP contribution in [0.1, 0.15) is 0 Å². The van der Waals surface area contributed by atoms with Crippen LogP contribution in [0.15, 0.2) is 4.99 Å². The van der Waals surface area contributed by atoms with Gasteiger partial charge in [0.1, 0.15) is 0 Å². The summed E-state index contributed by atoms with van der Waals surface area (Å²) in [5.41, 5.74) is 2.59. The smallest absolute Gasteiger partial charge is 0.208 e. The van der Waals surface area contributed by atoms with Crippen molar-refractivity contribution >= 4 is 5.96 Å². The van der Waals surface area contributed by atoms with Gasteiger partial charge in [0, 0.05) is 27.2 Å². The van der Waals surface area contributed by atoms with E-state index in [1.165, 1.54) is 0 Å². The lowest BCUT2D eigenvalue weighted by atomic mass is 10.5. The van der Waals surface area contributed by atoms with Crippen molar-refractivity contribution in [1.82, 2.24) is 15.2 Å². The molecule has 3 N–H and O–H groups in total. The molecule has 0 atom stereocenters. The maximum Gasteiger partial charge on any atom is 0.208 e. The molecule has 0 heterocycles. The number of rotatable bonds is 6. The Bertz CT molecular complexity index is 183. The fourth-order valence-electron chi connectivity index (χ4n) is 0.975. The lowest BCUT2D eigenvalue weighted by Crippen LogP contribution is -2.45. The average Bonchev–Trinajstić information content (AvgIpc) is 2.21. The number of aliphatic imine (C=N–C) groups is 1. The molecule has 0 aromatic heterocycles. The van der Waals surface area contributed by atoms with E-state index in [-0.39, 0.29) is 0 Å². The van der Waals surface area contributed by atoms with Crippen LogP contribution in [0.3, 0.4) is 0 Å². The molecule has 0 fully saturated rings. The zero-order valence-electron chi connectivity index (χ0n) is 10.2. The SMILES string of the molecule is COCCN=C(NN)N(C)CCN(C)C. The van der Waals surface area contributed by atoms with Crippen LogP contribution < -0.4 is 11.3 Å². The molecule has 0 aromatic rings. The molecule has 0 saturated carbocycles. The van der Waals surface area contributed by atoms with Gasteiger partial charge in [0.25, 0.3) is 0 Å². The van der Waals surface area contributed by atoms with E-state index < -0.39 is 0 Å². The molecule has 0 radical (unpaired) electrons. The summed E-state index contributed by atoms with van der Waals surface area (Å²) in [7, 11) is 7.67. The monoisotopic (exact) mass is 217 g/mol. The normalized spacial score (nSPS) is 12.0. The molecule has 0 unspecified atom stereocenters. The van der Waals surface area contributed by atoms with Crippen molar-refractivity contribution in [3.05, 3.63) is 0 Å². The van der Waals surface area contributed by atoms with Crippen LogP contribution in [0.2, 0.25) is 0 Å². The van der Waals surface area contributed by atoms with Gasteiger partial charge in [0.05, 0.1) is 13.2 Å². The van der Waals surface area contributed by atoms with Crippen LogP contribution in [0.5, 0.6) is 0 Å². The van der Waals surface area contributed by atoms with E-state index in [2.05, 4.69) is 15.3 Å². The molecule has 0 rings (SSSR count). The average molecular weight is 217 g/mol. The van der Waals surface area contributed by atoms with Crippen LogP contribution in [0, 0.1) is 0 Å². The van der Waals surface area contributed by atoms with E-state index in [1.807, 2.05) is 26.0 Å². The first-order chi connectivity index (χ1) is 7.11. The third kappa shape index (κ3) is 7.12. The Kier molecular flexibility index (Phi) is 7.98. The summed E-state index contributed by atoms with van der Waals surface area (Å²) in [6.07, 6.45) is 0. The lowest BCUT2D eigenvalue weighted by molar-refractivity contribution is 0.207. The summed E-state index contributed by atoms with van der Waals surface area (Å²) in [6, 6.07) is 0. The first-order valence-corrected chi connectivity index (χ1v) is 4.97. The molecule has 15 heavy (non-hydrogen) atoms. The minimum absolute atomic E-state index is 0.604. The zero-order chi connectivity index (χ0) is 11.7. The fraction of sp³-hybridized carbons (Fsp3) is 0.889. The maximum absolute atomic E-state index is 5.39. The Morgan fingerprint density at radius 1 is 1.33 bits per heavy atom. The minimum atomic E-state index is 0.604. The van der Waals surface area contributed by atoms with Gasteiger partial charge in [-0.3, -0.25) is 5.43 Å². The topological polar surface area (TPSA) is 66.1 Å². The molecule has 0 amide bonds. The number of hydrazine groups is 1. The predicted molar refractivity (Wildman–Crippen MR) is 62.7 cm³/mol. The summed E-state index contributed by atoms with van der Waals surface area (Å²) in [4.78, 5) is 8.37. The molecule has 0 aliphatic rings. The van der Waals surface area contributed by atoms with Crippen molar-refractivity contribution in [3.8, 4) is 0 Å². The number of methoxy groups -OCH3 is 1. The molecule has 6 heteroatoms. The Labute approximate surface area is 92.0 Å². The Morgan fingerprint density at radius 3 is 2.47 bits per heavy atom. The van der Waals surface area contributed by atoms with E-state index in [0.29, 0.717) is 19.1 Å². The highest BCUT2D eigenvalue weighted by molar-refractivity contribution is 5.79. The molecular formula is C9H23N5O. The van der Waals surface area contributed by atoms with Gasteiger partial charge in [0.2, 0.25) is 5.96 Å². The van der Waals surface area contributed by atoms with Crippen LogP contribution >= 0.6 is 0 Å². The fourth-order valence-corrected chi connectivity index (χ4v) is 0.975. The number of nitrogens with zero attached hydrogens (tertiary/aromatic N) is 3. The number of nitrogens with two attached hydrogens (primary N) is 1. The molecule has 0 aliphatic heterocycles. The van der Waals surface area contributed by atoms with E-state index in [9.17, 15) is 0 Å². The standard InChI is InChI=1S/C9H23N5O/c1-13(2)6-7-14(3)9(12-10)11-5-8-15-4/h5-8,10H2,1-4H3,(H,11,12). The quantitative estimate of drug-likeness (QED) is 0.195. The highest BCUT2D eigenvalue weighted by Crippen LogP contribution is 1.86. The van der Waals surface area contributed by atoms with E-state index >= 15 is 0 Å². The molecule has 0 bridgehead atoms. The molecule has 0 aromatic carbocycles. The van der Waals surface area contributed by atoms with Gasteiger partial charge in [-0.05, 0) is 14.1 Å². The third-order valence-electron chi connectivity index (χ3n) is 1.93. The van der Waals surface area contributed by atoms with Gasteiger partial charge in [-0.2, -0.15) is 0 Å². The Balaban J connectivity index is 3.97. The first kappa shape index (κ1) is 14.2. The molecule has 0 saturated heterocycles. The van der Waals surface area contributed by atoms with Gasteiger partial charge in [-0.15, -0.1) is 0 Å². The number of likely N-dealkylation sites (N-methyl/N-ethyl adjacent to an activating group) is 2. The summed E-state index contributed by atoms with van der Waals surface area (Å²) >= 11 is 0. The molecular weight excluding hydrogens is 194 g/mol. The van der Waals surface area contributed by atoms with Crippen molar-refractivity contribution in [2.24, 2.45) is 10.8 Å². The highest BCUT2D eigenvalue weighted by Gasteiger charge is 2.04. The van der Waals surface area contributed by atoms with Gasteiger partial charge >= 0.3 is 0 Å². The predicted octanol–water partition coefficient (Wildman–Crippen LogP) is -1.05. The van der Waals surface area contributed by atoms with Crippen molar-refractivity contribution in [2.75, 3.05) is 54.5 Å². The van der Waals surface area contributed by atoms with Crippen molar-refractivity contribution in [3.63, 3.8) is 0 Å². The van der Waals surface area contributed by atoms with E-state index in [4.69, 9.17) is 10.6 Å². The zero-order valence-corrected chi connectivity index (χ0v) is 10.2. The summed E-state index contributed by atoms with van der Waals surface area (Å²) in [6.45, 7) is 3.06. The number of guanidine groups is 1. The Morgan fingerprint density at radius 2 is 2.00 bits per heavy atom. The Hall–Kier alpha value is -0.850. The van der Waals surface area contributed by atoms with E-state index in [0.717, 1.165) is 13.1 Å². The number of hydrogen-bond acceptors (Lipinski definition) is 4. The van der Waals surface area contributed by atoms with Crippen LogP contribution in [-0.2, 0) is 4.74 Å². The molecule has 6 nitrogen and oxygen atoms in total. The van der Waals surface area contributed by atoms with Gasteiger partial charge < -0.3 is 14.5 Å². The van der Waals surface area contributed by atoms with Gasteiger partial charge in [-0.1, -0.05) is 0 Å². The molecule has 90 valence electrons. The third-order valence-corrected chi connectivity index (χ3v) is 1.93. The van der Waals surface area contributed by atoms with Crippen molar-refractivity contribution in [2.45, 2.75) is 0 Å². The van der Waals surface area contributed by atoms with Gasteiger partial charge in [-0.25, -0.2) is 10.8 Å². The maximum atomic E-state index is 5.39.